The van der Waals surface area contributed by atoms with Gasteiger partial charge in [0.1, 0.15) is 10.7 Å². The van der Waals surface area contributed by atoms with Crippen molar-refractivity contribution in [2.45, 2.75) is 17.8 Å². The van der Waals surface area contributed by atoms with Crippen molar-refractivity contribution in [3.05, 3.63) is 70.5 Å². The number of hydrogen-bond donors (Lipinski definition) is 1. The molecule has 0 saturated heterocycles. The van der Waals surface area contributed by atoms with E-state index in [0.29, 0.717) is 10.6 Å². The van der Waals surface area contributed by atoms with E-state index in [-0.39, 0.29) is 12.0 Å². The van der Waals surface area contributed by atoms with Crippen molar-refractivity contribution >= 4 is 34.7 Å². The number of aryl methyl sites for hydroxylation is 1. The van der Waals surface area contributed by atoms with E-state index in [2.05, 4.69) is 10.4 Å². The number of hydrogen-bond acceptors (Lipinski definition) is 2. The summed E-state index contributed by atoms with van der Waals surface area (Å²) in [4.78, 5) is 11.3. The molecule has 1 aromatic carbocycles. The summed E-state index contributed by atoms with van der Waals surface area (Å²) < 4.78 is 27.5. The highest BCUT2D eigenvalue weighted by molar-refractivity contribution is 6.35. The number of benzene rings is 1. The van der Waals surface area contributed by atoms with Crippen molar-refractivity contribution in [3.8, 4) is 0 Å². The molecule has 0 radical (unpaired) electrons. The number of rotatable bonds is 4. The average Bonchev–Trinajstić information content (AvgIpc) is 2.97. The van der Waals surface area contributed by atoms with Crippen LogP contribution in [-0.2, 0) is 7.05 Å². The molecule has 4 nitrogen and oxygen atoms in total. The summed E-state index contributed by atoms with van der Waals surface area (Å²) in [5.74, 6) is -0.739. The predicted octanol–water partition coefficient (Wildman–Crippen LogP) is 4.63. The van der Waals surface area contributed by atoms with E-state index >= 15 is 0 Å². The van der Waals surface area contributed by atoms with Crippen LogP contribution in [0.1, 0.15) is 34.5 Å². The van der Waals surface area contributed by atoms with Crippen LogP contribution < -0.4 is 5.32 Å². The number of carbonyl (C=O) groups excluding carboxylic acids is 1. The first kappa shape index (κ1) is 18.6. The fourth-order valence-corrected chi connectivity index (χ4v) is 3.57. The second-order valence-electron chi connectivity index (χ2n) is 5.89. The number of allylic oxidation sites excluding steroid dienone is 2. The molecule has 1 atom stereocenters. The lowest BCUT2D eigenvalue weighted by atomic mass is 9.91. The smallest absolute Gasteiger partial charge is 0.282 e. The quantitative estimate of drug-likeness (QED) is 0.603. The minimum Gasteiger partial charge on any atom is -0.329 e. The summed E-state index contributed by atoms with van der Waals surface area (Å²) >= 11 is 12.8. The molecule has 8 heteroatoms. The Balaban J connectivity index is 1.95. The molecule has 1 heterocycles. The van der Waals surface area contributed by atoms with Gasteiger partial charge in [0.2, 0.25) is 0 Å². The van der Waals surface area contributed by atoms with Gasteiger partial charge in [-0.2, -0.15) is 5.10 Å². The Morgan fingerprint density at radius 1 is 1.31 bits per heavy atom. The molecule has 26 heavy (non-hydrogen) atoms. The number of aromatic nitrogens is 2. The highest BCUT2D eigenvalue weighted by Gasteiger charge is 2.38. The normalized spacial score (nSPS) is 19.9. The maximum absolute atomic E-state index is 13.1. The van der Waals surface area contributed by atoms with Crippen LogP contribution in [0.2, 0.25) is 0 Å². The van der Waals surface area contributed by atoms with Crippen LogP contribution in [0.5, 0.6) is 0 Å². The molecule has 2 aromatic rings. The first-order valence-electron chi connectivity index (χ1n) is 7.75. The molecule has 0 bridgehead atoms. The molecular weight excluding hydrogens is 383 g/mol. The summed E-state index contributed by atoms with van der Waals surface area (Å²) in [5.41, 5.74) is 0.608. The summed E-state index contributed by atoms with van der Waals surface area (Å²) in [6.45, 7) is 0. The van der Waals surface area contributed by atoms with E-state index < -0.39 is 23.0 Å². The molecule has 1 amide bonds. The van der Waals surface area contributed by atoms with Crippen LogP contribution in [0.25, 0.3) is 5.57 Å². The van der Waals surface area contributed by atoms with Gasteiger partial charge in [0.15, 0.2) is 0 Å². The molecule has 1 aromatic heterocycles. The van der Waals surface area contributed by atoms with Gasteiger partial charge in [-0.3, -0.25) is 9.48 Å². The van der Waals surface area contributed by atoms with Gasteiger partial charge in [0.25, 0.3) is 12.3 Å². The van der Waals surface area contributed by atoms with Gasteiger partial charge in [-0.05, 0) is 11.6 Å². The number of nitrogens with one attached hydrogen (secondary N) is 1. The Bertz CT molecular complexity index is 893. The number of carbonyl (C=O) groups is 1. The Morgan fingerprint density at radius 2 is 2.00 bits per heavy atom. The summed E-state index contributed by atoms with van der Waals surface area (Å²) in [7, 11) is 1.47. The molecule has 1 aliphatic rings. The van der Waals surface area contributed by atoms with Gasteiger partial charge in [-0.1, -0.05) is 59.6 Å². The lowest BCUT2D eigenvalue weighted by Crippen LogP contribution is -2.45. The van der Waals surface area contributed by atoms with E-state index in [1.165, 1.54) is 17.9 Å². The molecule has 0 saturated carbocycles. The first-order valence-corrected chi connectivity index (χ1v) is 8.51. The van der Waals surface area contributed by atoms with Crippen LogP contribution in [-0.4, -0.2) is 20.7 Å². The van der Waals surface area contributed by atoms with Crippen molar-refractivity contribution in [1.29, 1.82) is 0 Å². The van der Waals surface area contributed by atoms with Gasteiger partial charge in [-0.25, -0.2) is 8.78 Å². The summed E-state index contributed by atoms with van der Waals surface area (Å²) in [6.07, 6.45) is 1.91. The van der Waals surface area contributed by atoms with E-state index in [4.69, 9.17) is 23.2 Å². The Morgan fingerprint density at radius 3 is 2.65 bits per heavy atom. The third kappa shape index (κ3) is 3.66. The van der Waals surface area contributed by atoms with Gasteiger partial charge < -0.3 is 5.32 Å². The van der Waals surface area contributed by atoms with Crippen LogP contribution in [0.3, 0.4) is 0 Å². The van der Waals surface area contributed by atoms with Gasteiger partial charge in [0.05, 0.1) is 5.56 Å². The Kier molecular flexibility index (Phi) is 5.16. The fourth-order valence-electron chi connectivity index (χ4n) is 2.84. The third-order valence-electron chi connectivity index (χ3n) is 3.98. The maximum atomic E-state index is 13.1. The lowest BCUT2D eigenvalue weighted by molar-refractivity contribution is 0.0924. The summed E-state index contributed by atoms with van der Waals surface area (Å²) in [6, 6.07) is 9.22. The molecule has 136 valence electrons. The molecule has 0 fully saturated rings. The van der Waals surface area contributed by atoms with E-state index in [0.717, 1.165) is 5.56 Å². The molecule has 0 spiro atoms. The van der Waals surface area contributed by atoms with Crippen molar-refractivity contribution < 1.29 is 13.6 Å². The van der Waals surface area contributed by atoms with Crippen LogP contribution in [0.15, 0.2) is 53.7 Å². The Labute approximate surface area is 159 Å². The highest BCUT2D eigenvalue weighted by atomic mass is 35.5. The van der Waals surface area contributed by atoms with E-state index in [1.54, 1.807) is 12.2 Å². The van der Waals surface area contributed by atoms with E-state index in [9.17, 15) is 13.6 Å². The maximum Gasteiger partial charge on any atom is 0.282 e. The fraction of sp³-hybridized carbons (Fsp3) is 0.222. The monoisotopic (exact) mass is 397 g/mol. The van der Waals surface area contributed by atoms with Crippen molar-refractivity contribution in [3.63, 3.8) is 0 Å². The number of alkyl halides is 3. The SMILES string of the molecule is Cn1cc(C(=O)NC2(Cl)CC(Cl)=CC=C2c2ccccc2)c(C(F)F)n1. The standard InChI is InChI=1S/C18H15Cl2F2N3O/c1-25-10-13(15(24-25)16(21)22)17(26)23-18(20)9-12(19)7-8-14(18)11-5-3-2-4-6-11/h2-8,10,16H,9H2,1H3,(H,23,26). The second-order valence-corrected chi connectivity index (χ2v) is 7.03. The third-order valence-corrected chi connectivity index (χ3v) is 4.67. The van der Waals surface area contributed by atoms with Crippen LogP contribution in [0.4, 0.5) is 8.78 Å². The highest BCUT2D eigenvalue weighted by Crippen LogP contribution is 2.40. The summed E-state index contributed by atoms with van der Waals surface area (Å²) in [5, 5.41) is 6.74. The molecule has 0 aliphatic heterocycles. The minimum atomic E-state index is -2.87. The first-order chi connectivity index (χ1) is 12.3. The molecule has 3 rings (SSSR count). The predicted molar refractivity (Wildman–Crippen MR) is 97.2 cm³/mol. The van der Waals surface area contributed by atoms with Crippen LogP contribution in [0, 0.1) is 0 Å². The number of amides is 1. The zero-order chi connectivity index (χ0) is 18.9. The molecular formula is C18H15Cl2F2N3O. The zero-order valence-corrected chi connectivity index (χ0v) is 15.2. The second kappa shape index (κ2) is 7.21. The number of nitrogens with zero attached hydrogens (tertiary/aromatic N) is 2. The van der Waals surface area contributed by atoms with Gasteiger partial charge in [0, 0.05) is 30.3 Å². The van der Waals surface area contributed by atoms with E-state index in [1.807, 2.05) is 30.3 Å². The minimum absolute atomic E-state index is 0.132. The van der Waals surface area contributed by atoms with Gasteiger partial charge >= 0.3 is 0 Å². The molecule has 1 N–H and O–H groups in total. The lowest BCUT2D eigenvalue weighted by Gasteiger charge is -2.33. The zero-order valence-electron chi connectivity index (χ0n) is 13.7. The average molecular weight is 398 g/mol. The molecule has 1 aliphatic carbocycles. The topological polar surface area (TPSA) is 46.9 Å². The molecule has 1 unspecified atom stereocenters. The van der Waals surface area contributed by atoms with Crippen molar-refractivity contribution in [1.82, 2.24) is 15.1 Å². The number of halogens is 4. The Hall–Kier alpha value is -2.18. The van der Waals surface area contributed by atoms with Crippen molar-refractivity contribution in [2.75, 3.05) is 0 Å². The van der Waals surface area contributed by atoms with Crippen LogP contribution >= 0.6 is 23.2 Å². The van der Waals surface area contributed by atoms with Crippen molar-refractivity contribution in [2.24, 2.45) is 7.05 Å². The largest absolute Gasteiger partial charge is 0.329 e. The van der Waals surface area contributed by atoms with Gasteiger partial charge in [-0.15, -0.1) is 0 Å².